The van der Waals surface area contributed by atoms with Gasteiger partial charge in [0.25, 0.3) is 0 Å². The number of tetrazole rings is 1. The Morgan fingerprint density at radius 1 is 1.33 bits per heavy atom. The molecule has 112 valence electrons. The fourth-order valence-electron chi connectivity index (χ4n) is 2.49. The van der Waals surface area contributed by atoms with E-state index in [1.807, 2.05) is 6.92 Å². The molecule has 0 spiro atoms. The van der Waals surface area contributed by atoms with Crippen molar-refractivity contribution < 1.29 is 5.21 Å². The van der Waals surface area contributed by atoms with Gasteiger partial charge in [-0.05, 0) is 17.4 Å². The lowest BCUT2D eigenvalue weighted by atomic mass is 10.2. The van der Waals surface area contributed by atoms with Crippen LogP contribution in [0, 0.1) is 0 Å². The third-order valence-corrected chi connectivity index (χ3v) is 3.82. The molecule has 10 heteroatoms. The van der Waals surface area contributed by atoms with Gasteiger partial charge in [-0.1, -0.05) is 5.16 Å². The number of aromatic nitrogens is 5. The van der Waals surface area contributed by atoms with Crippen molar-refractivity contribution in [1.29, 1.82) is 0 Å². The first-order chi connectivity index (χ1) is 10.2. The summed E-state index contributed by atoms with van der Waals surface area (Å²) in [5.74, 6) is 1.10. The van der Waals surface area contributed by atoms with E-state index in [2.05, 4.69) is 35.5 Å². The molecule has 21 heavy (non-hydrogen) atoms. The molecular weight excluding hydrogens is 274 g/mol. The molecule has 0 bridgehead atoms. The van der Waals surface area contributed by atoms with E-state index < -0.39 is 0 Å². The second kappa shape index (κ2) is 5.48. The standard InChI is InChI=1S/C11H17N9O/c1-8(11(12)15-21)18-2-4-19(5-3-18)10-7-13-6-9-14-16-17-20(9)10/h6-8,21H,2-5H2,1H3,(H2,12,15). The van der Waals surface area contributed by atoms with E-state index in [0.717, 1.165) is 32.0 Å². The molecule has 2 aromatic heterocycles. The van der Waals surface area contributed by atoms with Crippen LogP contribution in [0.4, 0.5) is 5.82 Å². The molecule has 3 heterocycles. The van der Waals surface area contributed by atoms with Crippen LogP contribution >= 0.6 is 0 Å². The van der Waals surface area contributed by atoms with Gasteiger partial charge in [-0.25, -0.2) is 0 Å². The van der Waals surface area contributed by atoms with Gasteiger partial charge >= 0.3 is 0 Å². The van der Waals surface area contributed by atoms with Crippen molar-refractivity contribution in [2.24, 2.45) is 10.9 Å². The van der Waals surface area contributed by atoms with E-state index in [9.17, 15) is 0 Å². The van der Waals surface area contributed by atoms with Crippen LogP contribution in [0.25, 0.3) is 5.65 Å². The molecule has 3 rings (SSSR count). The number of oxime groups is 1. The molecule has 0 aliphatic carbocycles. The fourth-order valence-corrected chi connectivity index (χ4v) is 2.49. The number of hydrogen-bond acceptors (Lipinski definition) is 8. The van der Waals surface area contributed by atoms with Gasteiger partial charge in [0.15, 0.2) is 17.3 Å². The fraction of sp³-hybridized carbons (Fsp3) is 0.545. The van der Waals surface area contributed by atoms with E-state index in [0.29, 0.717) is 5.65 Å². The van der Waals surface area contributed by atoms with Crippen molar-refractivity contribution >= 4 is 17.3 Å². The summed E-state index contributed by atoms with van der Waals surface area (Å²) in [5, 5.41) is 23.4. The van der Waals surface area contributed by atoms with Crippen molar-refractivity contribution in [1.82, 2.24) is 29.9 Å². The number of fused-ring (bicyclic) bond motifs is 1. The molecule has 0 saturated carbocycles. The van der Waals surface area contributed by atoms with E-state index in [1.165, 1.54) is 0 Å². The van der Waals surface area contributed by atoms with E-state index >= 15 is 0 Å². The first-order valence-corrected chi connectivity index (χ1v) is 6.69. The number of nitrogens with zero attached hydrogens (tertiary/aromatic N) is 8. The quantitative estimate of drug-likeness (QED) is 0.312. The van der Waals surface area contributed by atoms with Gasteiger partial charge in [0.05, 0.1) is 18.4 Å². The van der Waals surface area contributed by atoms with E-state index in [4.69, 9.17) is 10.9 Å². The number of piperazine rings is 1. The third-order valence-electron chi connectivity index (χ3n) is 3.82. The number of anilines is 1. The van der Waals surface area contributed by atoms with Gasteiger partial charge < -0.3 is 15.8 Å². The molecule has 10 nitrogen and oxygen atoms in total. The molecule has 1 aliphatic rings. The lowest BCUT2D eigenvalue weighted by Gasteiger charge is -2.38. The van der Waals surface area contributed by atoms with Crippen LogP contribution in [-0.4, -0.2) is 73.2 Å². The second-order valence-electron chi connectivity index (χ2n) is 4.94. The minimum atomic E-state index is -0.0842. The van der Waals surface area contributed by atoms with Crippen molar-refractivity contribution in [3.05, 3.63) is 12.4 Å². The zero-order valence-corrected chi connectivity index (χ0v) is 11.7. The molecule has 0 radical (unpaired) electrons. The highest BCUT2D eigenvalue weighted by molar-refractivity contribution is 5.84. The monoisotopic (exact) mass is 291 g/mol. The van der Waals surface area contributed by atoms with Gasteiger partial charge in [-0.3, -0.25) is 9.88 Å². The third kappa shape index (κ3) is 2.44. The zero-order chi connectivity index (χ0) is 14.8. The van der Waals surface area contributed by atoms with Crippen molar-refractivity contribution in [3.63, 3.8) is 0 Å². The molecule has 1 atom stereocenters. The molecule has 1 saturated heterocycles. The van der Waals surface area contributed by atoms with Crippen LogP contribution in [0.5, 0.6) is 0 Å². The predicted octanol–water partition coefficient (Wildman–Crippen LogP) is -1.22. The van der Waals surface area contributed by atoms with Crippen LogP contribution in [-0.2, 0) is 0 Å². The van der Waals surface area contributed by atoms with Crippen LogP contribution in [0.3, 0.4) is 0 Å². The van der Waals surface area contributed by atoms with Crippen LogP contribution in [0.1, 0.15) is 6.92 Å². The highest BCUT2D eigenvalue weighted by Gasteiger charge is 2.25. The lowest BCUT2D eigenvalue weighted by Crippen LogP contribution is -2.53. The highest BCUT2D eigenvalue weighted by Crippen LogP contribution is 2.16. The van der Waals surface area contributed by atoms with E-state index in [1.54, 1.807) is 16.9 Å². The largest absolute Gasteiger partial charge is 0.409 e. The molecule has 1 fully saturated rings. The minimum absolute atomic E-state index is 0.0842. The maximum atomic E-state index is 8.75. The SMILES string of the molecule is CC(C(N)=NO)N1CCN(c2cncc3nnnn23)CC1. The summed E-state index contributed by atoms with van der Waals surface area (Å²) in [5.41, 5.74) is 6.28. The number of amidine groups is 1. The van der Waals surface area contributed by atoms with Gasteiger partial charge in [0.1, 0.15) is 0 Å². The number of hydrogen-bond donors (Lipinski definition) is 2. The number of rotatable bonds is 3. The Morgan fingerprint density at radius 2 is 2.10 bits per heavy atom. The first-order valence-electron chi connectivity index (χ1n) is 6.69. The van der Waals surface area contributed by atoms with Gasteiger partial charge in [-0.2, -0.15) is 4.52 Å². The van der Waals surface area contributed by atoms with E-state index in [-0.39, 0.29) is 11.9 Å². The Hall–Kier alpha value is -2.49. The Morgan fingerprint density at radius 3 is 2.81 bits per heavy atom. The topological polar surface area (TPSA) is 121 Å². The summed E-state index contributed by atoms with van der Waals surface area (Å²) in [4.78, 5) is 8.50. The Labute approximate surface area is 120 Å². The van der Waals surface area contributed by atoms with Crippen LogP contribution in [0.2, 0.25) is 0 Å². The summed E-state index contributed by atoms with van der Waals surface area (Å²) < 4.78 is 1.68. The second-order valence-corrected chi connectivity index (χ2v) is 4.94. The zero-order valence-electron chi connectivity index (χ0n) is 11.7. The molecule has 3 N–H and O–H groups in total. The lowest BCUT2D eigenvalue weighted by molar-refractivity contribution is 0.229. The molecule has 0 amide bonds. The molecule has 1 unspecified atom stereocenters. The normalized spacial score (nSPS) is 19.1. The summed E-state index contributed by atoms with van der Waals surface area (Å²) in [6.45, 7) is 5.12. The molecule has 1 aliphatic heterocycles. The van der Waals surface area contributed by atoms with Crippen LogP contribution < -0.4 is 10.6 Å². The Bertz CT molecular complexity index is 646. The van der Waals surface area contributed by atoms with Gasteiger partial charge in [0.2, 0.25) is 0 Å². The van der Waals surface area contributed by atoms with Crippen molar-refractivity contribution in [2.75, 3.05) is 31.1 Å². The molecular formula is C11H17N9O. The summed E-state index contributed by atoms with van der Waals surface area (Å²) in [7, 11) is 0. The highest BCUT2D eigenvalue weighted by atomic mass is 16.4. The van der Waals surface area contributed by atoms with Gasteiger partial charge in [-0.15, -0.1) is 5.10 Å². The van der Waals surface area contributed by atoms with Crippen molar-refractivity contribution in [2.45, 2.75) is 13.0 Å². The Kier molecular flexibility index (Phi) is 3.52. The first kappa shape index (κ1) is 13.5. The smallest absolute Gasteiger partial charge is 0.199 e. The summed E-state index contributed by atoms with van der Waals surface area (Å²) >= 11 is 0. The predicted molar refractivity (Wildman–Crippen MR) is 75.2 cm³/mol. The molecule has 2 aromatic rings. The average Bonchev–Trinajstić information content (AvgIpc) is 3.02. The van der Waals surface area contributed by atoms with Crippen molar-refractivity contribution in [3.8, 4) is 0 Å². The minimum Gasteiger partial charge on any atom is -0.409 e. The average molecular weight is 291 g/mol. The molecule has 0 aromatic carbocycles. The summed E-state index contributed by atoms with van der Waals surface area (Å²) in [6.07, 6.45) is 3.38. The maximum absolute atomic E-state index is 8.75. The van der Waals surface area contributed by atoms with Crippen LogP contribution in [0.15, 0.2) is 17.5 Å². The Balaban J connectivity index is 1.73. The number of nitrogens with two attached hydrogens (primary N) is 1. The van der Waals surface area contributed by atoms with Gasteiger partial charge in [0, 0.05) is 26.2 Å². The summed E-state index contributed by atoms with van der Waals surface area (Å²) in [6, 6.07) is -0.0842. The maximum Gasteiger partial charge on any atom is 0.199 e.